The van der Waals surface area contributed by atoms with Crippen LogP contribution in [0, 0.1) is 11.7 Å². The first-order valence-corrected chi connectivity index (χ1v) is 10.1. The molecule has 1 saturated heterocycles. The van der Waals surface area contributed by atoms with E-state index in [1.165, 1.54) is 12.1 Å². The molecular formula is C21H28FN5O. The quantitative estimate of drug-likeness (QED) is 0.811. The van der Waals surface area contributed by atoms with Crippen molar-refractivity contribution in [3.63, 3.8) is 0 Å². The third-order valence-electron chi connectivity index (χ3n) is 5.48. The molecule has 0 bridgehead atoms. The lowest BCUT2D eigenvalue weighted by Gasteiger charge is -2.35. The van der Waals surface area contributed by atoms with Crippen LogP contribution in [0.1, 0.15) is 30.2 Å². The number of hydrogen-bond acceptors (Lipinski definition) is 4. The van der Waals surface area contributed by atoms with E-state index in [1.807, 2.05) is 11.1 Å². The van der Waals surface area contributed by atoms with Crippen LogP contribution in [0.25, 0.3) is 0 Å². The minimum absolute atomic E-state index is 0.0102. The largest absolute Gasteiger partial charge is 0.368 e. The first-order chi connectivity index (χ1) is 13.5. The van der Waals surface area contributed by atoms with Crippen LogP contribution in [0.4, 0.5) is 10.1 Å². The molecule has 7 heteroatoms. The number of halogens is 1. The molecule has 1 aromatic heterocycles. The summed E-state index contributed by atoms with van der Waals surface area (Å²) in [5.74, 6) is 1.39. The fraction of sp³-hybridized carbons (Fsp3) is 0.524. The number of fused-ring (bicyclic) bond motifs is 1. The number of imidazole rings is 1. The lowest BCUT2D eigenvalue weighted by Crippen LogP contribution is -2.48. The zero-order chi connectivity index (χ0) is 19.7. The fourth-order valence-corrected chi connectivity index (χ4v) is 4.06. The summed E-state index contributed by atoms with van der Waals surface area (Å²) in [6.45, 7) is 11.0. The maximum atomic E-state index is 13.1. The Morgan fingerprint density at radius 1 is 1.07 bits per heavy atom. The van der Waals surface area contributed by atoms with Crippen LogP contribution in [0.5, 0.6) is 0 Å². The molecule has 4 rings (SSSR count). The lowest BCUT2D eigenvalue weighted by molar-refractivity contribution is 0.0741. The average Bonchev–Trinajstić information content (AvgIpc) is 3.11. The van der Waals surface area contributed by atoms with Gasteiger partial charge < -0.3 is 14.4 Å². The molecule has 0 radical (unpaired) electrons. The van der Waals surface area contributed by atoms with Gasteiger partial charge >= 0.3 is 0 Å². The van der Waals surface area contributed by atoms with Gasteiger partial charge in [0.2, 0.25) is 0 Å². The van der Waals surface area contributed by atoms with Crippen LogP contribution in [-0.2, 0) is 13.1 Å². The highest BCUT2D eigenvalue weighted by atomic mass is 19.1. The van der Waals surface area contributed by atoms with E-state index in [4.69, 9.17) is 0 Å². The van der Waals surface area contributed by atoms with Gasteiger partial charge in [0.15, 0.2) is 0 Å². The second-order valence-electron chi connectivity index (χ2n) is 8.12. The van der Waals surface area contributed by atoms with Gasteiger partial charge in [-0.05, 0) is 30.2 Å². The zero-order valence-electron chi connectivity index (χ0n) is 16.6. The molecular weight excluding hydrogens is 357 g/mol. The van der Waals surface area contributed by atoms with Crippen LogP contribution >= 0.6 is 0 Å². The summed E-state index contributed by atoms with van der Waals surface area (Å²) in [6.07, 6.45) is 1.91. The number of rotatable bonds is 4. The normalized spacial score (nSPS) is 17.9. The first kappa shape index (κ1) is 18.9. The monoisotopic (exact) mass is 385 g/mol. The molecule has 0 saturated carbocycles. The van der Waals surface area contributed by atoms with Crippen molar-refractivity contribution in [2.45, 2.75) is 26.9 Å². The number of carbonyl (C=O) groups excluding carboxylic acids is 1. The van der Waals surface area contributed by atoms with E-state index in [0.29, 0.717) is 24.7 Å². The summed E-state index contributed by atoms with van der Waals surface area (Å²) in [6, 6.07) is 6.54. The van der Waals surface area contributed by atoms with Crippen molar-refractivity contribution < 1.29 is 9.18 Å². The molecule has 150 valence electrons. The minimum atomic E-state index is -0.228. The van der Waals surface area contributed by atoms with Crippen LogP contribution < -0.4 is 4.90 Å². The fourth-order valence-electron chi connectivity index (χ4n) is 4.06. The summed E-state index contributed by atoms with van der Waals surface area (Å²) in [4.78, 5) is 24.0. The Balaban J connectivity index is 1.37. The molecule has 1 aromatic carbocycles. The molecule has 0 unspecified atom stereocenters. The predicted octanol–water partition coefficient (Wildman–Crippen LogP) is 2.46. The number of anilines is 1. The molecule has 2 aliphatic rings. The van der Waals surface area contributed by atoms with Crippen molar-refractivity contribution in [1.29, 1.82) is 0 Å². The number of nitrogens with zero attached hydrogens (tertiary/aromatic N) is 5. The number of benzene rings is 1. The van der Waals surface area contributed by atoms with Gasteiger partial charge in [-0.15, -0.1) is 0 Å². The molecule has 3 heterocycles. The van der Waals surface area contributed by atoms with E-state index >= 15 is 0 Å². The Labute approximate surface area is 165 Å². The van der Waals surface area contributed by atoms with Gasteiger partial charge in [0.05, 0.1) is 6.54 Å². The number of hydrogen-bond donors (Lipinski definition) is 0. The summed E-state index contributed by atoms with van der Waals surface area (Å²) in [5, 5.41) is 0. The lowest BCUT2D eigenvalue weighted by atomic mass is 10.2. The van der Waals surface area contributed by atoms with E-state index in [-0.39, 0.29) is 11.7 Å². The first-order valence-electron chi connectivity index (χ1n) is 10.1. The van der Waals surface area contributed by atoms with Crippen molar-refractivity contribution in [1.82, 2.24) is 19.4 Å². The van der Waals surface area contributed by atoms with Gasteiger partial charge in [-0.25, -0.2) is 9.37 Å². The van der Waals surface area contributed by atoms with E-state index in [2.05, 4.69) is 33.2 Å². The van der Waals surface area contributed by atoms with Crippen LogP contribution in [0.3, 0.4) is 0 Å². The summed E-state index contributed by atoms with van der Waals surface area (Å²) >= 11 is 0. The molecule has 2 aromatic rings. The van der Waals surface area contributed by atoms with E-state index in [0.717, 1.165) is 50.8 Å². The smallest absolute Gasteiger partial charge is 0.274 e. The number of aromatic nitrogens is 2. The van der Waals surface area contributed by atoms with Crippen molar-refractivity contribution in [2.75, 3.05) is 44.2 Å². The van der Waals surface area contributed by atoms with Gasteiger partial charge in [0, 0.05) is 57.7 Å². The maximum absolute atomic E-state index is 13.1. The summed E-state index contributed by atoms with van der Waals surface area (Å²) < 4.78 is 15.2. The van der Waals surface area contributed by atoms with Crippen LogP contribution in [0.2, 0.25) is 0 Å². The van der Waals surface area contributed by atoms with E-state index in [1.54, 1.807) is 12.1 Å². The molecule has 0 aliphatic carbocycles. The molecule has 1 fully saturated rings. The van der Waals surface area contributed by atoms with Crippen molar-refractivity contribution in [3.8, 4) is 0 Å². The third kappa shape index (κ3) is 4.04. The Hall–Kier alpha value is -2.41. The van der Waals surface area contributed by atoms with Gasteiger partial charge in [0.1, 0.15) is 17.3 Å². The molecule has 28 heavy (non-hydrogen) atoms. The van der Waals surface area contributed by atoms with E-state index in [9.17, 15) is 9.18 Å². The molecule has 1 amide bonds. The maximum Gasteiger partial charge on any atom is 0.274 e. The van der Waals surface area contributed by atoms with Gasteiger partial charge in [-0.2, -0.15) is 0 Å². The Morgan fingerprint density at radius 3 is 2.46 bits per heavy atom. The number of carbonyl (C=O) groups is 1. The van der Waals surface area contributed by atoms with Crippen molar-refractivity contribution in [3.05, 3.63) is 47.8 Å². The summed E-state index contributed by atoms with van der Waals surface area (Å²) in [5.41, 5.74) is 1.55. The molecule has 0 spiro atoms. The zero-order valence-corrected chi connectivity index (χ0v) is 16.6. The highest BCUT2D eigenvalue weighted by Crippen LogP contribution is 2.19. The third-order valence-corrected chi connectivity index (χ3v) is 5.48. The second kappa shape index (κ2) is 7.91. The van der Waals surface area contributed by atoms with Crippen LogP contribution in [-0.4, -0.2) is 64.5 Å². The summed E-state index contributed by atoms with van der Waals surface area (Å²) in [7, 11) is 0. The Kier molecular flexibility index (Phi) is 5.35. The van der Waals surface area contributed by atoms with Crippen molar-refractivity contribution >= 4 is 11.6 Å². The molecule has 6 nitrogen and oxygen atoms in total. The minimum Gasteiger partial charge on any atom is -0.368 e. The second-order valence-corrected chi connectivity index (χ2v) is 8.12. The van der Waals surface area contributed by atoms with Gasteiger partial charge in [-0.1, -0.05) is 13.8 Å². The standard InChI is InChI=1S/C21H28FN5O/c1-16(2)13-24-7-8-27-14-19(23-20(27)15-24)21(28)26-11-9-25(10-12-26)18-5-3-17(22)4-6-18/h3-6,14,16H,7-13,15H2,1-2H3. The van der Waals surface area contributed by atoms with Gasteiger partial charge in [-0.3, -0.25) is 9.69 Å². The highest BCUT2D eigenvalue weighted by molar-refractivity contribution is 5.92. The van der Waals surface area contributed by atoms with Gasteiger partial charge in [0.25, 0.3) is 5.91 Å². The molecule has 2 aliphatic heterocycles. The Bertz CT molecular complexity index is 824. The van der Waals surface area contributed by atoms with Crippen molar-refractivity contribution in [2.24, 2.45) is 5.92 Å². The predicted molar refractivity (Wildman–Crippen MR) is 107 cm³/mol. The molecule has 0 N–H and O–H groups in total. The Morgan fingerprint density at radius 2 is 1.79 bits per heavy atom. The van der Waals surface area contributed by atoms with E-state index < -0.39 is 0 Å². The average molecular weight is 385 g/mol. The number of piperazine rings is 1. The SMILES string of the molecule is CC(C)CN1CCn2cc(C(=O)N3CCN(c4ccc(F)cc4)CC3)nc2C1. The number of amides is 1. The molecule has 0 atom stereocenters. The van der Waals surface area contributed by atoms with Crippen LogP contribution in [0.15, 0.2) is 30.5 Å². The highest BCUT2D eigenvalue weighted by Gasteiger charge is 2.26. The topological polar surface area (TPSA) is 44.6 Å².